The van der Waals surface area contributed by atoms with Gasteiger partial charge in [-0.25, -0.2) is 8.78 Å². The van der Waals surface area contributed by atoms with Crippen molar-refractivity contribution < 1.29 is 18.4 Å². The molecule has 0 aromatic heterocycles. The maximum absolute atomic E-state index is 13.3. The quantitative estimate of drug-likeness (QED) is 0.763. The van der Waals surface area contributed by atoms with Gasteiger partial charge in [-0.3, -0.25) is 14.9 Å². The minimum Gasteiger partial charge on any atom is -0.371 e. The predicted molar refractivity (Wildman–Crippen MR) is 56.2 cm³/mol. The van der Waals surface area contributed by atoms with Crippen LogP contribution in [0.25, 0.3) is 0 Å². The molecule has 0 aliphatic carbocycles. The van der Waals surface area contributed by atoms with Gasteiger partial charge in [-0.1, -0.05) is 0 Å². The Hall–Kier alpha value is -1.98. The number of amides is 2. The van der Waals surface area contributed by atoms with E-state index in [4.69, 9.17) is 0 Å². The van der Waals surface area contributed by atoms with Crippen LogP contribution < -0.4 is 10.6 Å². The Kier molecular flexibility index (Phi) is 3.03. The summed E-state index contributed by atoms with van der Waals surface area (Å²) in [5.41, 5.74) is -0.0838. The summed E-state index contributed by atoms with van der Waals surface area (Å²) in [4.78, 5) is 22.3. The van der Waals surface area contributed by atoms with Crippen molar-refractivity contribution in [1.29, 1.82) is 0 Å². The summed E-state index contributed by atoms with van der Waals surface area (Å²) in [6.07, 6.45) is 0.445. The average Bonchev–Trinajstić information content (AvgIpc) is 2.27. The highest BCUT2D eigenvalue weighted by Gasteiger charge is 2.26. The van der Waals surface area contributed by atoms with Gasteiger partial charge in [-0.2, -0.15) is 0 Å². The average molecular weight is 240 g/mol. The number of benzene rings is 1. The number of carbonyl (C=O) groups excluding carboxylic acids is 2. The zero-order valence-corrected chi connectivity index (χ0v) is 8.80. The lowest BCUT2D eigenvalue weighted by molar-refractivity contribution is -0.133. The SMILES string of the molecule is O=C1CCC(Nc2cc(F)ccc2F)C(=O)N1. The maximum atomic E-state index is 13.3. The third-order valence-corrected chi connectivity index (χ3v) is 2.50. The van der Waals surface area contributed by atoms with E-state index in [1.165, 1.54) is 0 Å². The molecule has 1 atom stereocenters. The van der Waals surface area contributed by atoms with Crippen LogP contribution in [0, 0.1) is 11.6 Å². The number of halogens is 2. The third kappa shape index (κ3) is 2.58. The van der Waals surface area contributed by atoms with E-state index >= 15 is 0 Å². The second kappa shape index (κ2) is 4.48. The molecule has 90 valence electrons. The fraction of sp³-hybridized carbons (Fsp3) is 0.273. The summed E-state index contributed by atoms with van der Waals surface area (Å²) in [7, 11) is 0. The van der Waals surface area contributed by atoms with Crippen LogP contribution in [0.15, 0.2) is 18.2 Å². The molecule has 6 heteroatoms. The number of imide groups is 1. The number of anilines is 1. The molecule has 1 aromatic carbocycles. The first-order valence-electron chi connectivity index (χ1n) is 5.11. The van der Waals surface area contributed by atoms with Gasteiger partial charge in [0.2, 0.25) is 11.8 Å². The predicted octanol–water partition coefficient (Wildman–Crippen LogP) is 1.18. The summed E-state index contributed by atoms with van der Waals surface area (Å²) in [5.74, 6) is -2.12. The topological polar surface area (TPSA) is 58.2 Å². The van der Waals surface area contributed by atoms with Crippen LogP contribution >= 0.6 is 0 Å². The first-order valence-corrected chi connectivity index (χ1v) is 5.11. The number of carbonyl (C=O) groups is 2. The van der Waals surface area contributed by atoms with Crippen molar-refractivity contribution >= 4 is 17.5 Å². The molecule has 4 nitrogen and oxygen atoms in total. The van der Waals surface area contributed by atoms with Crippen LogP contribution in [0.3, 0.4) is 0 Å². The smallest absolute Gasteiger partial charge is 0.249 e. The van der Waals surface area contributed by atoms with Crippen molar-refractivity contribution in [3.63, 3.8) is 0 Å². The monoisotopic (exact) mass is 240 g/mol. The van der Waals surface area contributed by atoms with Gasteiger partial charge >= 0.3 is 0 Å². The van der Waals surface area contributed by atoms with E-state index in [0.717, 1.165) is 18.2 Å². The van der Waals surface area contributed by atoms with Crippen molar-refractivity contribution in [2.24, 2.45) is 0 Å². The van der Waals surface area contributed by atoms with Crippen molar-refractivity contribution in [2.45, 2.75) is 18.9 Å². The Balaban J connectivity index is 2.13. The van der Waals surface area contributed by atoms with Gasteiger partial charge in [0.1, 0.15) is 17.7 Å². The van der Waals surface area contributed by atoms with Crippen molar-refractivity contribution in [3.05, 3.63) is 29.8 Å². The lowest BCUT2D eigenvalue weighted by atomic mass is 10.1. The van der Waals surface area contributed by atoms with Crippen molar-refractivity contribution in [3.8, 4) is 0 Å². The molecule has 1 aliphatic heterocycles. The molecule has 0 saturated carbocycles. The van der Waals surface area contributed by atoms with E-state index in [1.54, 1.807) is 0 Å². The summed E-state index contributed by atoms with van der Waals surface area (Å²) in [6.45, 7) is 0. The number of rotatable bonds is 2. The second-order valence-corrected chi connectivity index (χ2v) is 3.77. The van der Waals surface area contributed by atoms with Gasteiger partial charge < -0.3 is 5.32 Å². The van der Waals surface area contributed by atoms with Crippen LogP contribution in [-0.2, 0) is 9.59 Å². The normalized spacial score (nSPS) is 20.0. The minimum atomic E-state index is -0.719. The van der Waals surface area contributed by atoms with Gasteiger partial charge in [-0.15, -0.1) is 0 Å². The molecule has 17 heavy (non-hydrogen) atoms. The van der Waals surface area contributed by atoms with Crippen LogP contribution in [0.4, 0.5) is 14.5 Å². The molecule has 1 saturated heterocycles. The van der Waals surface area contributed by atoms with E-state index in [-0.39, 0.29) is 24.4 Å². The first kappa shape index (κ1) is 11.5. The zero-order valence-electron chi connectivity index (χ0n) is 8.80. The van der Waals surface area contributed by atoms with E-state index in [9.17, 15) is 18.4 Å². The highest BCUT2D eigenvalue weighted by molar-refractivity contribution is 6.01. The van der Waals surface area contributed by atoms with Crippen molar-refractivity contribution in [2.75, 3.05) is 5.32 Å². The molecule has 2 amide bonds. The molecule has 1 unspecified atom stereocenters. The van der Waals surface area contributed by atoms with Crippen molar-refractivity contribution in [1.82, 2.24) is 5.32 Å². The highest BCUT2D eigenvalue weighted by atomic mass is 19.1. The number of hydrogen-bond donors (Lipinski definition) is 2. The molecule has 1 aromatic rings. The van der Waals surface area contributed by atoms with Gasteiger partial charge in [0.05, 0.1) is 5.69 Å². The van der Waals surface area contributed by atoms with E-state index in [1.807, 2.05) is 0 Å². The lowest BCUT2D eigenvalue weighted by Gasteiger charge is -2.22. The Morgan fingerprint density at radius 1 is 1.29 bits per heavy atom. The molecule has 2 N–H and O–H groups in total. The molecule has 1 aliphatic rings. The number of hydrogen-bond acceptors (Lipinski definition) is 3. The fourth-order valence-corrected chi connectivity index (χ4v) is 1.63. The minimum absolute atomic E-state index is 0.0838. The van der Waals surface area contributed by atoms with Crippen LogP contribution in [0.2, 0.25) is 0 Å². The second-order valence-electron chi connectivity index (χ2n) is 3.77. The van der Waals surface area contributed by atoms with Gasteiger partial charge in [0.25, 0.3) is 0 Å². The van der Waals surface area contributed by atoms with Gasteiger partial charge in [-0.05, 0) is 24.6 Å². The van der Waals surface area contributed by atoms with E-state index in [0.29, 0.717) is 0 Å². The largest absolute Gasteiger partial charge is 0.371 e. The lowest BCUT2D eigenvalue weighted by Crippen LogP contribution is -2.47. The Bertz CT molecular complexity index is 477. The molecular weight excluding hydrogens is 230 g/mol. The fourth-order valence-electron chi connectivity index (χ4n) is 1.63. The number of nitrogens with one attached hydrogen (secondary N) is 2. The Morgan fingerprint density at radius 3 is 2.76 bits per heavy atom. The molecular formula is C11H10F2N2O2. The maximum Gasteiger partial charge on any atom is 0.249 e. The standard InChI is InChI=1S/C11H10F2N2O2/c12-6-1-2-7(13)9(5-6)14-8-3-4-10(16)15-11(8)17/h1-2,5,8,14H,3-4H2,(H,15,16,17). The number of piperidine rings is 1. The van der Waals surface area contributed by atoms with Gasteiger partial charge in [0, 0.05) is 6.42 Å². The molecule has 2 rings (SSSR count). The zero-order chi connectivity index (χ0) is 12.4. The summed E-state index contributed by atoms with van der Waals surface area (Å²) in [6, 6.07) is 2.22. The van der Waals surface area contributed by atoms with Crippen LogP contribution in [-0.4, -0.2) is 17.9 Å². The van der Waals surface area contributed by atoms with E-state index < -0.39 is 23.6 Å². The van der Waals surface area contributed by atoms with Crippen LogP contribution in [0.1, 0.15) is 12.8 Å². The Morgan fingerprint density at radius 2 is 2.06 bits per heavy atom. The third-order valence-electron chi connectivity index (χ3n) is 2.50. The summed E-state index contributed by atoms with van der Waals surface area (Å²) in [5, 5.41) is 4.71. The molecule has 0 bridgehead atoms. The Labute approximate surface area is 96.0 Å². The van der Waals surface area contributed by atoms with Gasteiger partial charge in [0.15, 0.2) is 0 Å². The van der Waals surface area contributed by atoms with E-state index in [2.05, 4.69) is 10.6 Å². The summed E-state index contributed by atoms with van der Waals surface area (Å²) < 4.78 is 26.2. The highest BCUT2D eigenvalue weighted by Crippen LogP contribution is 2.18. The summed E-state index contributed by atoms with van der Waals surface area (Å²) >= 11 is 0. The first-order chi connectivity index (χ1) is 8.06. The molecule has 1 heterocycles. The molecule has 0 radical (unpaired) electrons. The van der Waals surface area contributed by atoms with Crippen LogP contribution in [0.5, 0.6) is 0 Å². The molecule has 0 spiro atoms. The molecule has 1 fully saturated rings.